The normalized spacial score (nSPS) is 17.5. The number of benzene rings is 2. The Kier molecular flexibility index (Phi) is 5.61. The Balaban J connectivity index is 1.58. The van der Waals surface area contributed by atoms with Crippen molar-refractivity contribution in [3.8, 4) is 0 Å². The first kappa shape index (κ1) is 17.9. The van der Waals surface area contributed by atoms with Gasteiger partial charge in [-0.15, -0.1) is 0 Å². The molecule has 2 aromatic carbocycles. The maximum Gasteiger partial charge on any atom is 0.137 e. The molecule has 2 heterocycles. The molecule has 0 radical (unpaired) electrons. The summed E-state index contributed by atoms with van der Waals surface area (Å²) in [6, 6.07) is 18.5. The quantitative estimate of drug-likeness (QED) is 0.705. The second-order valence-electron chi connectivity index (χ2n) is 6.95. The standard InChI is InChI=1S/C22H25N3O2/c1-16(25-22-19-9-5-6-10-20(19)23-15-24-22)21(17-7-3-2-4-8-17)27-18-11-13-26-14-12-18/h2-10,15-16,18,21H,11-14H2,1H3,(H,23,24,25). The monoisotopic (exact) mass is 363 g/mol. The van der Waals surface area contributed by atoms with Gasteiger partial charge in [0.15, 0.2) is 0 Å². The van der Waals surface area contributed by atoms with E-state index in [0.29, 0.717) is 0 Å². The molecule has 1 aromatic heterocycles. The molecule has 0 amide bonds. The van der Waals surface area contributed by atoms with Gasteiger partial charge in [-0.2, -0.15) is 0 Å². The van der Waals surface area contributed by atoms with E-state index < -0.39 is 0 Å². The molecule has 0 spiro atoms. The van der Waals surface area contributed by atoms with Crippen molar-refractivity contribution >= 4 is 16.7 Å². The lowest BCUT2D eigenvalue weighted by atomic mass is 10.0. The van der Waals surface area contributed by atoms with Gasteiger partial charge >= 0.3 is 0 Å². The summed E-state index contributed by atoms with van der Waals surface area (Å²) in [6.07, 6.45) is 3.63. The Morgan fingerprint density at radius 2 is 1.74 bits per heavy atom. The number of rotatable bonds is 6. The summed E-state index contributed by atoms with van der Waals surface area (Å²) in [7, 11) is 0. The number of ether oxygens (including phenoxy) is 2. The van der Waals surface area contributed by atoms with Crippen molar-refractivity contribution in [3.63, 3.8) is 0 Å². The smallest absolute Gasteiger partial charge is 0.137 e. The maximum atomic E-state index is 6.54. The lowest BCUT2D eigenvalue weighted by molar-refractivity contribution is -0.0738. The van der Waals surface area contributed by atoms with E-state index in [1.54, 1.807) is 6.33 Å². The Morgan fingerprint density at radius 3 is 2.56 bits per heavy atom. The van der Waals surface area contributed by atoms with Gasteiger partial charge in [0.25, 0.3) is 0 Å². The fraction of sp³-hybridized carbons (Fsp3) is 0.364. The van der Waals surface area contributed by atoms with E-state index in [1.807, 2.05) is 30.3 Å². The van der Waals surface area contributed by atoms with Crippen LogP contribution in [0.1, 0.15) is 31.4 Å². The van der Waals surface area contributed by atoms with Gasteiger partial charge in [0.2, 0.25) is 0 Å². The lowest BCUT2D eigenvalue weighted by Crippen LogP contribution is -2.33. The van der Waals surface area contributed by atoms with E-state index in [0.717, 1.165) is 42.8 Å². The van der Waals surface area contributed by atoms with E-state index in [4.69, 9.17) is 9.47 Å². The second kappa shape index (κ2) is 8.46. The van der Waals surface area contributed by atoms with Crippen LogP contribution >= 0.6 is 0 Å². The third-order valence-corrected chi connectivity index (χ3v) is 5.00. The molecule has 1 aliphatic rings. The molecule has 140 valence electrons. The molecular weight excluding hydrogens is 338 g/mol. The summed E-state index contributed by atoms with van der Waals surface area (Å²) in [5.74, 6) is 0.838. The zero-order chi connectivity index (χ0) is 18.5. The van der Waals surface area contributed by atoms with Crippen LogP contribution in [0.25, 0.3) is 10.9 Å². The Hall–Kier alpha value is -2.50. The van der Waals surface area contributed by atoms with Crippen LogP contribution in [0.2, 0.25) is 0 Å². The van der Waals surface area contributed by atoms with Crippen LogP contribution in [0.3, 0.4) is 0 Å². The van der Waals surface area contributed by atoms with Crippen molar-refractivity contribution in [2.24, 2.45) is 0 Å². The van der Waals surface area contributed by atoms with Crippen LogP contribution in [0.4, 0.5) is 5.82 Å². The summed E-state index contributed by atoms with van der Waals surface area (Å²) >= 11 is 0. The molecule has 2 unspecified atom stereocenters. The number of aromatic nitrogens is 2. The number of fused-ring (bicyclic) bond motifs is 1. The first-order chi connectivity index (χ1) is 13.3. The predicted molar refractivity (Wildman–Crippen MR) is 107 cm³/mol. The van der Waals surface area contributed by atoms with E-state index >= 15 is 0 Å². The van der Waals surface area contributed by atoms with Crippen LogP contribution in [0, 0.1) is 0 Å². The molecule has 4 rings (SSSR count). The van der Waals surface area contributed by atoms with Crippen molar-refractivity contribution < 1.29 is 9.47 Å². The summed E-state index contributed by atoms with van der Waals surface area (Å²) in [4.78, 5) is 8.82. The number of nitrogens with zero attached hydrogens (tertiary/aromatic N) is 2. The van der Waals surface area contributed by atoms with Gasteiger partial charge in [-0.25, -0.2) is 9.97 Å². The number of hydrogen-bond donors (Lipinski definition) is 1. The zero-order valence-electron chi connectivity index (χ0n) is 15.5. The Morgan fingerprint density at radius 1 is 1.00 bits per heavy atom. The molecule has 3 aromatic rings. The highest BCUT2D eigenvalue weighted by molar-refractivity contribution is 5.88. The van der Waals surface area contributed by atoms with Crippen molar-refractivity contribution in [1.82, 2.24) is 9.97 Å². The number of para-hydroxylation sites is 1. The molecule has 5 heteroatoms. The molecule has 5 nitrogen and oxygen atoms in total. The Bertz CT molecular complexity index is 860. The van der Waals surface area contributed by atoms with E-state index in [1.165, 1.54) is 5.56 Å². The molecule has 1 saturated heterocycles. The van der Waals surface area contributed by atoms with Crippen molar-refractivity contribution in [3.05, 3.63) is 66.5 Å². The first-order valence-electron chi connectivity index (χ1n) is 9.55. The summed E-state index contributed by atoms with van der Waals surface area (Å²) in [6.45, 7) is 3.68. The minimum Gasteiger partial charge on any atom is -0.381 e. The van der Waals surface area contributed by atoms with Crippen LogP contribution in [-0.2, 0) is 9.47 Å². The minimum atomic E-state index is -0.0666. The topological polar surface area (TPSA) is 56.3 Å². The molecule has 27 heavy (non-hydrogen) atoms. The highest BCUT2D eigenvalue weighted by Crippen LogP contribution is 2.29. The number of hydrogen-bond acceptors (Lipinski definition) is 5. The molecule has 1 N–H and O–H groups in total. The largest absolute Gasteiger partial charge is 0.381 e. The van der Waals surface area contributed by atoms with Crippen LogP contribution in [0.5, 0.6) is 0 Å². The summed E-state index contributed by atoms with van der Waals surface area (Å²) in [5, 5.41) is 4.58. The van der Waals surface area contributed by atoms with E-state index in [9.17, 15) is 0 Å². The summed E-state index contributed by atoms with van der Waals surface area (Å²) < 4.78 is 12.0. The van der Waals surface area contributed by atoms with Crippen LogP contribution in [0.15, 0.2) is 60.9 Å². The van der Waals surface area contributed by atoms with Crippen LogP contribution in [-0.4, -0.2) is 35.3 Å². The van der Waals surface area contributed by atoms with Crippen LogP contribution < -0.4 is 5.32 Å². The molecule has 0 saturated carbocycles. The van der Waals surface area contributed by atoms with Gasteiger partial charge in [0.05, 0.1) is 17.7 Å². The SMILES string of the molecule is CC(Nc1ncnc2ccccc12)C(OC1CCOCC1)c1ccccc1. The van der Waals surface area contributed by atoms with E-state index in [2.05, 4.69) is 46.5 Å². The molecule has 0 bridgehead atoms. The molecule has 0 aliphatic carbocycles. The maximum absolute atomic E-state index is 6.54. The first-order valence-corrected chi connectivity index (χ1v) is 9.55. The van der Waals surface area contributed by atoms with Gasteiger partial charge < -0.3 is 14.8 Å². The van der Waals surface area contributed by atoms with Gasteiger partial charge in [-0.1, -0.05) is 42.5 Å². The molecule has 2 atom stereocenters. The van der Waals surface area contributed by atoms with Gasteiger partial charge in [-0.05, 0) is 37.5 Å². The Labute approximate surface area is 159 Å². The average molecular weight is 363 g/mol. The van der Waals surface area contributed by atoms with Crippen molar-refractivity contribution in [2.45, 2.75) is 38.0 Å². The van der Waals surface area contributed by atoms with Gasteiger partial charge in [0, 0.05) is 18.6 Å². The van der Waals surface area contributed by atoms with Gasteiger partial charge in [0.1, 0.15) is 18.2 Å². The molecular formula is C22H25N3O2. The zero-order valence-corrected chi connectivity index (χ0v) is 15.5. The third kappa shape index (κ3) is 4.26. The van der Waals surface area contributed by atoms with Crippen molar-refractivity contribution in [1.29, 1.82) is 0 Å². The highest BCUT2D eigenvalue weighted by Gasteiger charge is 2.26. The predicted octanol–water partition coefficient (Wildman–Crippen LogP) is 4.37. The fourth-order valence-electron chi connectivity index (χ4n) is 3.56. The second-order valence-corrected chi connectivity index (χ2v) is 6.95. The summed E-state index contributed by atoms with van der Waals surface area (Å²) in [5.41, 5.74) is 2.10. The lowest BCUT2D eigenvalue weighted by Gasteiger charge is -2.32. The highest BCUT2D eigenvalue weighted by atomic mass is 16.5. The van der Waals surface area contributed by atoms with Crippen molar-refractivity contribution in [2.75, 3.05) is 18.5 Å². The van der Waals surface area contributed by atoms with E-state index in [-0.39, 0.29) is 18.2 Å². The molecule has 1 aliphatic heterocycles. The number of anilines is 1. The number of nitrogens with one attached hydrogen (secondary N) is 1. The third-order valence-electron chi connectivity index (χ3n) is 5.00. The minimum absolute atomic E-state index is 0.0496. The van der Waals surface area contributed by atoms with Gasteiger partial charge in [-0.3, -0.25) is 0 Å². The fourth-order valence-corrected chi connectivity index (χ4v) is 3.56. The molecule has 1 fully saturated rings. The average Bonchev–Trinajstić information content (AvgIpc) is 2.73.